The van der Waals surface area contributed by atoms with Crippen LogP contribution in [0.15, 0.2) is 48.5 Å². The highest BCUT2D eigenvalue weighted by Gasteiger charge is 2.30. The summed E-state index contributed by atoms with van der Waals surface area (Å²) in [5, 5.41) is 2.90. The smallest absolute Gasteiger partial charge is 0.350 e. The molecule has 0 radical (unpaired) electrons. The van der Waals surface area contributed by atoms with Crippen molar-refractivity contribution in [2.45, 2.75) is 32.0 Å². The fraction of sp³-hybridized carbons (Fsp3) is 0.381. The lowest BCUT2D eigenvalue weighted by Gasteiger charge is -2.29. The van der Waals surface area contributed by atoms with E-state index in [2.05, 4.69) is 29.3 Å². The maximum atomic E-state index is 12.7. The van der Waals surface area contributed by atoms with E-state index in [0.717, 1.165) is 43.6 Å². The molecule has 1 aliphatic heterocycles. The molecule has 0 aliphatic carbocycles. The molecule has 144 valence electrons. The standard InChI is InChI=1S/C21H23F3N2O/c1-15-6-2-3-7-18(15)19(26-12-4-5-13-26)14-25-20(27)16-8-10-17(11-9-16)21(22,23)24/h2-3,6-11,19H,4-5,12-14H2,1H3,(H,25,27)/t19-/m1/s1. The average molecular weight is 376 g/mol. The lowest BCUT2D eigenvalue weighted by atomic mass is 10.00. The highest BCUT2D eigenvalue weighted by Crippen LogP contribution is 2.29. The molecule has 0 spiro atoms. The Morgan fingerprint density at radius 1 is 1.07 bits per heavy atom. The number of halogens is 3. The number of hydrogen-bond donors (Lipinski definition) is 1. The number of hydrogen-bond acceptors (Lipinski definition) is 2. The molecule has 6 heteroatoms. The number of amides is 1. The predicted octanol–water partition coefficient (Wildman–Crippen LogP) is 4.58. The maximum absolute atomic E-state index is 12.7. The van der Waals surface area contributed by atoms with Gasteiger partial charge < -0.3 is 5.32 Å². The van der Waals surface area contributed by atoms with Gasteiger partial charge in [0, 0.05) is 12.1 Å². The van der Waals surface area contributed by atoms with Gasteiger partial charge >= 0.3 is 6.18 Å². The number of aryl methyl sites for hydroxylation is 1. The first-order chi connectivity index (χ1) is 12.9. The van der Waals surface area contributed by atoms with Crippen molar-refractivity contribution in [1.29, 1.82) is 0 Å². The molecule has 0 unspecified atom stereocenters. The Morgan fingerprint density at radius 3 is 2.30 bits per heavy atom. The Hall–Kier alpha value is -2.34. The van der Waals surface area contributed by atoms with Crippen LogP contribution in [0.2, 0.25) is 0 Å². The molecule has 1 N–H and O–H groups in total. The van der Waals surface area contributed by atoms with Gasteiger partial charge in [0.25, 0.3) is 5.91 Å². The first-order valence-electron chi connectivity index (χ1n) is 9.11. The van der Waals surface area contributed by atoms with Crippen molar-refractivity contribution in [2.75, 3.05) is 19.6 Å². The van der Waals surface area contributed by atoms with E-state index in [-0.39, 0.29) is 17.5 Å². The Bertz CT molecular complexity index is 781. The van der Waals surface area contributed by atoms with E-state index in [0.29, 0.717) is 6.54 Å². The van der Waals surface area contributed by atoms with Crippen molar-refractivity contribution in [3.05, 3.63) is 70.8 Å². The molecule has 1 saturated heterocycles. The van der Waals surface area contributed by atoms with Crippen molar-refractivity contribution < 1.29 is 18.0 Å². The first kappa shape index (κ1) is 19.4. The van der Waals surface area contributed by atoms with Gasteiger partial charge in [-0.25, -0.2) is 0 Å². The molecule has 27 heavy (non-hydrogen) atoms. The lowest BCUT2D eigenvalue weighted by Crippen LogP contribution is -2.37. The number of benzene rings is 2. The van der Waals surface area contributed by atoms with E-state index in [9.17, 15) is 18.0 Å². The summed E-state index contributed by atoms with van der Waals surface area (Å²) in [7, 11) is 0. The molecule has 1 aliphatic rings. The molecule has 3 nitrogen and oxygen atoms in total. The van der Waals surface area contributed by atoms with Gasteiger partial charge in [-0.15, -0.1) is 0 Å². The van der Waals surface area contributed by atoms with Crippen LogP contribution in [0, 0.1) is 6.92 Å². The molecule has 0 bridgehead atoms. The fourth-order valence-electron chi connectivity index (χ4n) is 3.55. The van der Waals surface area contributed by atoms with Gasteiger partial charge in [-0.2, -0.15) is 13.2 Å². The SMILES string of the molecule is Cc1ccccc1[C@@H](CNC(=O)c1ccc(C(F)(F)F)cc1)N1CCCC1. The van der Waals surface area contributed by atoms with E-state index < -0.39 is 11.7 Å². The van der Waals surface area contributed by atoms with Crippen LogP contribution >= 0.6 is 0 Å². The third kappa shape index (κ3) is 4.69. The molecule has 0 saturated carbocycles. The average Bonchev–Trinajstić information content (AvgIpc) is 3.17. The van der Waals surface area contributed by atoms with Crippen molar-refractivity contribution in [2.24, 2.45) is 0 Å². The molecule has 3 rings (SSSR count). The summed E-state index contributed by atoms with van der Waals surface area (Å²) in [4.78, 5) is 14.8. The van der Waals surface area contributed by atoms with Crippen LogP contribution in [0.5, 0.6) is 0 Å². The van der Waals surface area contributed by atoms with Gasteiger partial charge in [-0.05, 0) is 68.2 Å². The minimum atomic E-state index is -4.40. The first-order valence-corrected chi connectivity index (χ1v) is 9.11. The van der Waals surface area contributed by atoms with Crippen LogP contribution in [0.4, 0.5) is 13.2 Å². The highest BCUT2D eigenvalue weighted by molar-refractivity contribution is 5.94. The van der Waals surface area contributed by atoms with Crippen LogP contribution in [0.25, 0.3) is 0 Å². The van der Waals surface area contributed by atoms with Crippen molar-refractivity contribution in [1.82, 2.24) is 10.2 Å². The van der Waals surface area contributed by atoms with Crippen LogP contribution in [-0.4, -0.2) is 30.4 Å². The molecule has 1 amide bonds. The number of rotatable bonds is 5. The van der Waals surface area contributed by atoms with Gasteiger partial charge in [0.15, 0.2) is 0 Å². The minimum absolute atomic E-state index is 0.0621. The van der Waals surface area contributed by atoms with E-state index in [1.807, 2.05) is 12.1 Å². The molecular weight excluding hydrogens is 353 g/mol. The van der Waals surface area contributed by atoms with E-state index in [4.69, 9.17) is 0 Å². The minimum Gasteiger partial charge on any atom is -0.350 e. The summed E-state index contributed by atoms with van der Waals surface area (Å²) in [5.41, 5.74) is 1.81. The van der Waals surface area contributed by atoms with Gasteiger partial charge in [0.05, 0.1) is 11.6 Å². The lowest BCUT2D eigenvalue weighted by molar-refractivity contribution is -0.137. The number of nitrogens with one attached hydrogen (secondary N) is 1. The maximum Gasteiger partial charge on any atom is 0.416 e. The predicted molar refractivity (Wildman–Crippen MR) is 98.5 cm³/mol. The number of carbonyl (C=O) groups is 1. The van der Waals surface area contributed by atoms with Gasteiger partial charge in [-0.1, -0.05) is 24.3 Å². The fourth-order valence-corrected chi connectivity index (χ4v) is 3.55. The summed E-state index contributed by atoms with van der Waals surface area (Å²) < 4.78 is 38.0. The molecule has 0 aromatic heterocycles. The zero-order valence-corrected chi connectivity index (χ0v) is 15.2. The van der Waals surface area contributed by atoms with E-state index >= 15 is 0 Å². The molecular formula is C21H23F3N2O. The second-order valence-corrected chi connectivity index (χ2v) is 6.90. The van der Waals surface area contributed by atoms with Crippen molar-refractivity contribution in [3.63, 3.8) is 0 Å². The monoisotopic (exact) mass is 376 g/mol. The van der Waals surface area contributed by atoms with Crippen LogP contribution < -0.4 is 5.32 Å². The van der Waals surface area contributed by atoms with Crippen LogP contribution in [-0.2, 0) is 6.18 Å². The van der Waals surface area contributed by atoms with Gasteiger partial charge in [0.2, 0.25) is 0 Å². The summed E-state index contributed by atoms with van der Waals surface area (Å²) >= 11 is 0. The number of nitrogens with zero attached hydrogens (tertiary/aromatic N) is 1. The molecule has 1 heterocycles. The van der Waals surface area contributed by atoms with E-state index in [1.165, 1.54) is 17.7 Å². The highest BCUT2D eigenvalue weighted by atomic mass is 19.4. The number of carbonyl (C=O) groups excluding carboxylic acids is 1. The molecule has 1 atom stereocenters. The second-order valence-electron chi connectivity index (χ2n) is 6.90. The molecule has 2 aromatic rings. The van der Waals surface area contributed by atoms with Crippen molar-refractivity contribution >= 4 is 5.91 Å². The zero-order chi connectivity index (χ0) is 19.4. The number of alkyl halides is 3. The van der Waals surface area contributed by atoms with Crippen LogP contribution in [0.1, 0.15) is 45.9 Å². The van der Waals surface area contributed by atoms with E-state index in [1.54, 1.807) is 0 Å². The normalized spacial score (nSPS) is 16.3. The van der Waals surface area contributed by atoms with Crippen molar-refractivity contribution in [3.8, 4) is 0 Å². The summed E-state index contributed by atoms with van der Waals surface area (Å²) in [5.74, 6) is -0.360. The Morgan fingerprint density at radius 2 is 1.70 bits per heavy atom. The molecule has 2 aromatic carbocycles. The largest absolute Gasteiger partial charge is 0.416 e. The van der Waals surface area contributed by atoms with Crippen LogP contribution in [0.3, 0.4) is 0 Å². The summed E-state index contributed by atoms with van der Waals surface area (Å²) in [6.07, 6.45) is -2.13. The quantitative estimate of drug-likeness (QED) is 0.828. The third-order valence-corrected chi connectivity index (χ3v) is 5.06. The zero-order valence-electron chi connectivity index (χ0n) is 15.2. The Kier molecular flexibility index (Phi) is 5.85. The second kappa shape index (κ2) is 8.13. The summed E-state index contributed by atoms with van der Waals surface area (Å²) in [6, 6.07) is 12.5. The number of likely N-dealkylation sites (tertiary alicyclic amines) is 1. The summed E-state index contributed by atoms with van der Waals surface area (Å²) in [6.45, 7) is 4.44. The Labute approximate surface area is 157 Å². The molecule has 1 fully saturated rings. The topological polar surface area (TPSA) is 32.3 Å². The Balaban J connectivity index is 1.71. The van der Waals surface area contributed by atoms with Gasteiger partial charge in [-0.3, -0.25) is 9.69 Å². The third-order valence-electron chi connectivity index (χ3n) is 5.06. The van der Waals surface area contributed by atoms with Gasteiger partial charge in [0.1, 0.15) is 0 Å².